The summed E-state index contributed by atoms with van der Waals surface area (Å²) in [6, 6.07) is 22.9. The number of ether oxygens (including phenoxy) is 1. The maximum atomic E-state index is 13.5. The molecule has 9 heteroatoms. The van der Waals surface area contributed by atoms with Crippen LogP contribution >= 0.6 is 23.2 Å². The van der Waals surface area contributed by atoms with Gasteiger partial charge in [-0.1, -0.05) is 59.6 Å². The van der Waals surface area contributed by atoms with E-state index in [1.165, 1.54) is 0 Å². The molecule has 7 nitrogen and oxygen atoms in total. The predicted molar refractivity (Wildman–Crippen MR) is 132 cm³/mol. The number of nitrogens with one attached hydrogen (secondary N) is 1. The van der Waals surface area contributed by atoms with Crippen molar-refractivity contribution >= 4 is 40.6 Å². The summed E-state index contributed by atoms with van der Waals surface area (Å²) in [6.07, 6.45) is 0. The Bertz CT molecular complexity index is 1490. The molecular formula is C26H16Cl2N4O3. The van der Waals surface area contributed by atoms with E-state index in [0.717, 1.165) is 0 Å². The van der Waals surface area contributed by atoms with E-state index in [0.29, 0.717) is 44.0 Å². The average Bonchev–Trinajstić information content (AvgIpc) is 3.26. The fourth-order valence-electron chi connectivity index (χ4n) is 3.95. The summed E-state index contributed by atoms with van der Waals surface area (Å²) in [5, 5.41) is 17.6. The van der Waals surface area contributed by atoms with Crippen molar-refractivity contribution < 1.29 is 14.3 Å². The lowest BCUT2D eigenvalue weighted by molar-refractivity contribution is -0.117. The first-order chi connectivity index (χ1) is 17.0. The molecule has 1 N–H and O–H groups in total. The molecule has 0 spiro atoms. The second kappa shape index (κ2) is 9.26. The Kier molecular flexibility index (Phi) is 6.00. The molecule has 4 aromatic rings. The summed E-state index contributed by atoms with van der Waals surface area (Å²) in [6.45, 7) is -0.0178. The minimum absolute atomic E-state index is 0.0178. The first-order valence-corrected chi connectivity index (χ1v) is 11.3. The zero-order valence-corrected chi connectivity index (χ0v) is 19.5. The Balaban J connectivity index is 1.63. The molecule has 1 atom stereocenters. The molecule has 0 aliphatic carbocycles. The normalized spacial score (nSPS) is 12.5. The number of Topliss-reactive ketones (excluding diaryl/α,β-unsaturated/α-hetero) is 1. The molecule has 35 heavy (non-hydrogen) atoms. The number of hydrogen-bond donors (Lipinski definition) is 1. The van der Waals surface area contributed by atoms with Gasteiger partial charge in [0.2, 0.25) is 11.7 Å². The van der Waals surface area contributed by atoms with Crippen molar-refractivity contribution in [2.45, 2.75) is 6.61 Å². The van der Waals surface area contributed by atoms with Gasteiger partial charge in [-0.05, 0) is 36.4 Å². The SMILES string of the molecule is N#CC(C(=O)Nc1ccccc1)C(=O)c1nn(-c2ccccc2)c2c1COc1c(Cl)cc(Cl)cc1-2. The summed E-state index contributed by atoms with van der Waals surface area (Å²) in [5.41, 5.74) is 2.68. The molecule has 0 saturated heterocycles. The first kappa shape index (κ1) is 22.7. The highest BCUT2D eigenvalue weighted by Crippen LogP contribution is 2.45. The lowest BCUT2D eigenvalue weighted by Crippen LogP contribution is -2.29. The number of rotatable bonds is 5. The van der Waals surface area contributed by atoms with Crippen LogP contribution in [0.3, 0.4) is 0 Å². The Morgan fingerprint density at radius 3 is 2.43 bits per heavy atom. The van der Waals surface area contributed by atoms with E-state index in [2.05, 4.69) is 10.4 Å². The van der Waals surface area contributed by atoms with Gasteiger partial charge < -0.3 is 10.1 Å². The van der Waals surface area contributed by atoms with Crippen molar-refractivity contribution in [1.82, 2.24) is 9.78 Å². The number of fused-ring (bicyclic) bond motifs is 3. The Morgan fingerprint density at radius 1 is 1.06 bits per heavy atom. The molecule has 0 radical (unpaired) electrons. The number of ketones is 1. The summed E-state index contributed by atoms with van der Waals surface area (Å²) < 4.78 is 7.45. The van der Waals surface area contributed by atoms with Crippen LogP contribution in [0.15, 0.2) is 72.8 Å². The fraction of sp³-hybridized carbons (Fsp3) is 0.0769. The van der Waals surface area contributed by atoms with Crippen molar-refractivity contribution in [3.8, 4) is 28.8 Å². The lowest BCUT2D eigenvalue weighted by Gasteiger charge is -2.21. The quantitative estimate of drug-likeness (QED) is 0.278. The van der Waals surface area contributed by atoms with Gasteiger partial charge >= 0.3 is 0 Å². The van der Waals surface area contributed by atoms with Crippen molar-refractivity contribution in [3.05, 3.63) is 94.1 Å². The van der Waals surface area contributed by atoms with Crippen LogP contribution in [0.5, 0.6) is 5.75 Å². The van der Waals surface area contributed by atoms with E-state index in [9.17, 15) is 14.9 Å². The van der Waals surface area contributed by atoms with E-state index >= 15 is 0 Å². The number of carbonyl (C=O) groups is 2. The van der Waals surface area contributed by atoms with Gasteiger partial charge in [-0.2, -0.15) is 10.4 Å². The number of carbonyl (C=O) groups excluding carboxylic acids is 2. The van der Waals surface area contributed by atoms with Gasteiger partial charge in [-0.15, -0.1) is 0 Å². The molecule has 1 unspecified atom stereocenters. The van der Waals surface area contributed by atoms with Gasteiger partial charge in [0.25, 0.3) is 0 Å². The highest BCUT2D eigenvalue weighted by molar-refractivity contribution is 6.36. The van der Waals surface area contributed by atoms with Crippen molar-refractivity contribution in [1.29, 1.82) is 5.26 Å². The zero-order chi connectivity index (χ0) is 24.5. The third-order valence-corrected chi connectivity index (χ3v) is 6.04. The zero-order valence-electron chi connectivity index (χ0n) is 18.0. The van der Waals surface area contributed by atoms with E-state index < -0.39 is 17.6 Å². The number of nitrogens with zero attached hydrogens (tertiary/aromatic N) is 3. The molecule has 1 aromatic heterocycles. The highest BCUT2D eigenvalue weighted by atomic mass is 35.5. The molecule has 5 rings (SSSR count). The predicted octanol–water partition coefficient (Wildman–Crippen LogP) is 5.70. The molecule has 0 fully saturated rings. The maximum absolute atomic E-state index is 13.5. The van der Waals surface area contributed by atoms with E-state index in [4.69, 9.17) is 27.9 Å². The van der Waals surface area contributed by atoms with Crippen LogP contribution in [0.4, 0.5) is 5.69 Å². The molecule has 1 amide bonds. The van der Waals surface area contributed by atoms with Crippen LogP contribution in [0.1, 0.15) is 16.1 Å². The van der Waals surface area contributed by atoms with Gasteiger partial charge in [0.05, 0.1) is 22.5 Å². The molecule has 0 bridgehead atoms. The minimum Gasteiger partial charge on any atom is -0.486 e. The molecular weight excluding hydrogens is 487 g/mol. The third kappa shape index (κ3) is 4.14. The number of hydrogen-bond acceptors (Lipinski definition) is 5. The second-order valence-electron chi connectivity index (χ2n) is 7.76. The third-order valence-electron chi connectivity index (χ3n) is 5.54. The number of nitriles is 1. The molecule has 1 aliphatic heterocycles. The van der Waals surface area contributed by atoms with Gasteiger partial charge in [-0.25, -0.2) is 4.68 Å². The van der Waals surface area contributed by atoms with Gasteiger partial charge in [-0.3, -0.25) is 9.59 Å². The van der Waals surface area contributed by atoms with Gasteiger partial charge in [0.1, 0.15) is 18.1 Å². The fourth-order valence-corrected chi connectivity index (χ4v) is 4.50. The number of anilines is 1. The number of aromatic nitrogens is 2. The van der Waals surface area contributed by atoms with Crippen LogP contribution < -0.4 is 10.1 Å². The second-order valence-corrected chi connectivity index (χ2v) is 8.60. The number of benzene rings is 3. The number of amides is 1. The monoisotopic (exact) mass is 502 g/mol. The van der Waals surface area contributed by atoms with Crippen molar-refractivity contribution in [2.75, 3.05) is 5.32 Å². The van der Waals surface area contributed by atoms with Crippen LogP contribution in [0.25, 0.3) is 16.9 Å². The van der Waals surface area contributed by atoms with Crippen LogP contribution in [0, 0.1) is 17.2 Å². The minimum atomic E-state index is -1.61. The van der Waals surface area contributed by atoms with Crippen LogP contribution in [-0.2, 0) is 11.4 Å². The Morgan fingerprint density at radius 2 is 1.74 bits per heavy atom. The number of halogens is 2. The summed E-state index contributed by atoms with van der Waals surface area (Å²) in [7, 11) is 0. The topological polar surface area (TPSA) is 97.0 Å². The van der Waals surface area contributed by atoms with Gasteiger partial charge in [0.15, 0.2) is 5.92 Å². The standard InChI is InChI=1S/C26H16Cl2N4O3/c27-15-11-18-23-20(14-35-25(18)21(28)12-15)22(31-32(23)17-9-5-2-6-10-17)24(33)19(13-29)26(34)30-16-7-3-1-4-8-16/h1-12,19H,14H2,(H,30,34). The largest absolute Gasteiger partial charge is 0.486 e. The summed E-state index contributed by atoms with van der Waals surface area (Å²) >= 11 is 12.6. The first-order valence-electron chi connectivity index (χ1n) is 10.6. The van der Waals surface area contributed by atoms with E-state index in [1.807, 2.05) is 36.4 Å². The highest BCUT2D eigenvalue weighted by Gasteiger charge is 2.36. The summed E-state index contributed by atoms with van der Waals surface area (Å²) in [5.74, 6) is -2.66. The summed E-state index contributed by atoms with van der Waals surface area (Å²) in [4.78, 5) is 26.3. The molecule has 3 aromatic carbocycles. The molecule has 0 saturated carbocycles. The maximum Gasteiger partial charge on any atom is 0.249 e. The smallest absolute Gasteiger partial charge is 0.249 e. The molecule has 172 valence electrons. The Labute approximate surface area is 210 Å². The van der Waals surface area contributed by atoms with Crippen LogP contribution in [0.2, 0.25) is 10.0 Å². The average molecular weight is 503 g/mol. The van der Waals surface area contributed by atoms with Crippen molar-refractivity contribution in [3.63, 3.8) is 0 Å². The number of para-hydroxylation sites is 2. The van der Waals surface area contributed by atoms with E-state index in [-0.39, 0.29) is 12.3 Å². The van der Waals surface area contributed by atoms with E-state index in [1.54, 1.807) is 47.1 Å². The van der Waals surface area contributed by atoms with Gasteiger partial charge in [0, 0.05) is 21.8 Å². The Hall–Kier alpha value is -4.12. The van der Waals surface area contributed by atoms with Crippen molar-refractivity contribution in [2.24, 2.45) is 5.92 Å². The molecule has 1 aliphatic rings. The van der Waals surface area contributed by atoms with Crippen LogP contribution in [-0.4, -0.2) is 21.5 Å². The lowest BCUT2D eigenvalue weighted by atomic mass is 9.96. The molecule has 2 heterocycles.